The number of amides is 1. The summed E-state index contributed by atoms with van der Waals surface area (Å²) >= 11 is 0. The highest BCUT2D eigenvalue weighted by atomic mass is 16.2. The first-order chi connectivity index (χ1) is 7.49. The Balaban J connectivity index is 2.48. The molecular weight excluding hydrogens is 202 g/mol. The Bertz CT molecular complexity index is 287. The zero-order chi connectivity index (χ0) is 12.2. The first kappa shape index (κ1) is 13.0. The fourth-order valence-electron chi connectivity index (χ4n) is 1.96. The lowest BCUT2D eigenvalue weighted by Gasteiger charge is -2.25. The van der Waals surface area contributed by atoms with E-state index >= 15 is 0 Å². The lowest BCUT2D eigenvalue weighted by molar-refractivity contribution is -0.123. The van der Waals surface area contributed by atoms with E-state index in [1.54, 1.807) is 0 Å². The normalized spacial score (nSPS) is 18.8. The summed E-state index contributed by atoms with van der Waals surface area (Å²) in [7, 11) is 1.91. The molecule has 1 fully saturated rings. The highest BCUT2D eigenvalue weighted by Crippen LogP contribution is 2.28. The number of carbonyl (C=O) groups is 1. The van der Waals surface area contributed by atoms with E-state index < -0.39 is 5.54 Å². The van der Waals surface area contributed by atoms with Crippen LogP contribution in [0.15, 0.2) is 0 Å². The summed E-state index contributed by atoms with van der Waals surface area (Å²) in [5, 5.41) is 12.0. The lowest BCUT2D eigenvalue weighted by Crippen LogP contribution is -2.49. The van der Waals surface area contributed by atoms with Gasteiger partial charge in [0, 0.05) is 6.04 Å². The Labute approximate surface area is 97.6 Å². The summed E-state index contributed by atoms with van der Waals surface area (Å²) in [6.07, 6.45) is 3.66. The number of hydrogen-bond donors (Lipinski definition) is 1. The third-order valence-electron chi connectivity index (χ3n) is 3.32. The van der Waals surface area contributed by atoms with Gasteiger partial charge < -0.3 is 5.32 Å². The van der Waals surface area contributed by atoms with Crippen molar-refractivity contribution in [1.29, 1.82) is 5.26 Å². The van der Waals surface area contributed by atoms with Crippen LogP contribution >= 0.6 is 0 Å². The van der Waals surface area contributed by atoms with Crippen LogP contribution in [0, 0.1) is 11.3 Å². The van der Waals surface area contributed by atoms with Crippen LogP contribution < -0.4 is 5.32 Å². The van der Waals surface area contributed by atoms with Gasteiger partial charge in [0.05, 0.1) is 12.6 Å². The molecule has 1 N–H and O–H groups in total. The zero-order valence-electron chi connectivity index (χ0n) is 10.4. The molecule has 0 radical (unpaired) electrons. The van der Waals surface area contributed by atoms with Crippen molar-refractivity contribution in [3.05, 3.63) is 0 Å². The van der Waals surface area contributed by atoms with Crippen LogP contribution in [0.25, 0.3) is 0 Å². The molecule has 16 heavy (non-hydrogen) atoms. The highest BCUT2D eigenvalue weighted by molar-refractivity contribution is 5.79. The van der Waals surface area contributed by atoms with E-state index in [0.717, 1.165) is 25.7 Å². The second kappa shape index (κ2) is 5.31. The summed E-state index contributed by atoms with van der Waals surface area (Å²) in [5.74, 6) is -0.0420. The van der Waals surface area contributed by atoms with E-state index in [2.05, 4.69) is 11.4 Å². The molecule has 4 heteroatoms. The Morgan fingerprint density at radius 1 is 1.50 bits per heavy atom. The van der Waals surface area contributed by atoms with Crippen molar-refractivity contribution in [3.63, 3.8) is 0 Å². The smallest absolute Gasteiger partial charge is 0.235 e. The monoisotopic (exact) mass is 223 g/mol. The third-order valence-corrected chi connectivity index (χ3v) is 3.32. The van der Waals surface area contributed by atoms with Gasteiger partial charge in [0.25, 0.3) is 0 Å². The summed E-state index contributed by atoms with van der Waals surface area (Å²) in [6.45, 7) is 4.45. The second-order valence-electron chi connectivity index (χ2n) is 4.96. The summed E-state index contributed by atoms with van der Waals surface area (Å²) in [4.78, 5) is 13.7. The molecule has 1 saturated carbocycles. The first-order valence-electron chi connectivity index (χ1n) is 5.91. The Kier molecular flexibility index (Phi) is 4.31. The number of hydrogen-bond acceptors (Lipinski definition) is 3. The van der Waals surface area contributed by atoms with Crippen molar-refractivity contribution in [2.75, 3.05) is 13.6 Å². The first-order valence-corrected chi connectivity index (χ1v) is 5.91. The number of nitrogens with zero attached hydrogens (tertiary/aromatic N) is 2. The number of rotatable bonds is 4. The van der Waals surface area contributed by atoms with Crippen molar-refractivity contribution in [3.8, 4) is 6.07 Å². The van der Waals surface area contributed by atoms with Crippen LogP contribution in [0.5, 0.6) is 0 Å². The van der Waals surface area contributed by atoms with Gasteiger partial charge in [-0.1, -0.05) is 0 Å². The fourth-order valence-corrected chi connectivity index (χ4v) is 1.96. The quantitative estimate of drug-likeness (QED) is 0.781. The maximum absolute atomic E-state index is 11.8. The molecule has 0 aromatic heterocycles. The molecule has 0 aromatic carbocycles. The van der Waals surface area contributed by atoms with E-state index in [4.69, 9.17) is 5.26 Å². The molecule has 4 nitrogen and oxygen atoms in total. The number of carbonyl (C=O) groups excluding carboxylic acids is 1. The zero-order valence-corrected chi connectivity index (χ0v) is 10.4. The minimum Gasteiger partial charge on any atom is -0.337 e. The number of nitriles is 1. The molecule has 1 aliphatic rings. The van der Waals surface area contributed by atoms with Crippen LogP contribution in [0.1, 0.15) is 39.5 Å². The van der Waals surface area contributed by atoms with Gasteiger partial charge in [-0.25, -0.2) is 0 Å². The van der Waals surface area contributed by atoms with Gasteiger partial charge in [-0.3, -0.25) is 9.69 Å². The van der Waals surface area contributed by atoms with Gasteiger partial charge in [-0.05, 0) is 46.6 Å². The molecular formula is C12H21N3O. The molecule has 0 aromatic rings. The van der Waals surface area contributed by atoms with Crippen LogP contribution in [0.2, 0.25) is 0 Å². The van der Waals surface area contributed by atoms with E-state index in [1.165, 1.54) is 0 Å². The standard InChI is InChI=1S/C12H21N3O/c1-10(2)15(3)8-11(16)14-12(9-13)6-4-5-7-12/h10H,4-8H2,1-3H3,(H,14,16). The van der Waals surface area contributed by atoms with Gasteiger partial charge in [0.15, 0.2) is 0 Å². The molecule has 0 unspecified atom stereocenters. The minimum absolute atomic E-state index is 0.0420. The molecule has 0 aliphatic heterocycles. The van der Waals surface area contributed by atoms with Gasteiger partial charge >= 0.3 is 0 Å². The van der Waals surface area contributed by atoms with E-state index in [0.29, 0.717) is 12.6 Å². The third kappa shape index (κ3) is 3.21. The maximum Gasteiger partial charge on any atom is 0.235 e. The number of nitrogens with one attached hydrogen (secondary N) is 1. The Morgan fingerprint density at radius 3 is 2.50 bits per heavy atom. The van der Waals surface area contributed by atoms with Crippen molar-refractivity contribution in [2.45, 2.75) is 51.1 Å². The average molecular weight is 223 g/mol. The fraction of sp³-hybridized carbons (Fsp3) is 0.833. The molecule has 0 saturated heterocycles. The number of likely N-dealkylation sites (N-methyl/N-ethyl adjacent to an activating group) is 1. The molecule has 0 heterocycles. The van der Waals surface area contributed by atoms with E-state index in [1.807, 2.05) is 25.8 Å². The molecule has 1 rings (SSSR count). The molecule has 1 amide bonds. The van der Waals surface area contributed by atoms with Crippen LogP contribution in [-0.4, -0.2) is 36.0 Å². The van der Waals surface area contributed by atoms with Gasteiger partial charge in [0.2, 0.25) is 5.91 Å². The Morgan fingerprint density at radius 2 is 2.06 bits per heavy atom. The van der Waals surface area contributed by atoms with Crippen molar-refractivity contribution in [2.24, 2.45) is 0 Å². The van der Waals surface area contributed by atoms with Crippen LogP contribution in [0.4, 0.5) is 0 Å². The van der Waals surface area contributed by atoms with Crippen LogP contribution in [0.3, 0.4) is 0 Å². The highest BCUT2D eigenvalue weighted by Gasteiger charge is 2.35. The minimum atomic E-state index is -0.588. The molecule has 1 aliphatic carbocycles. The van der Waals surface area contributed by atoms with E-state index in [-0.39, 0.29) is 5.91 Å². The largest absolute Gasteiger partial charge is 0.337 e. The lowest BCUT2D eigenvalue weighted by atomic mass is 10.00. The second-order valence-corrected chi connectivity index (χ2v) is 4.96. The summed E-state index contributed by atoms with van der Waals surface area (Å²) < 4.78 is 0. The van der Waals surface area contributed by atoms with Gasteiger partial charge in [0.1, 0.15) is 5.54 Å². The van der Waals surface area contributed by atoms with E-state index in [9.17, 15) is 4.79 Å². The SMILES string of the molecule is CC(C)N(C)CC(=O)NC1(C#N)CCCC1. The van der Waals surface area contributed by atoms with Gasteiger partial charge in [-0.15, -0.1) is 0 Å². The van der Waals surface area contributed by atoms with Crippen LogP contribution in [-0.2, 0) is 4.79 Å². The predicted octanol–water partition coefficient (Wildman–Crippen LogP) is 1.28. The predicted molar refractivity (Wildman–Crippen MR) is 62.7 cm³/mol. The summed E-state index contributed by atoms with van der Waals surface area (Å²) in [5.41, 5.74) is -0.588. The van der Waals surface area contributed by atoms with Crippen molar-refractivity contribution >= 4 is 5.91 Å². The molecule has 0 spiro atoms. The molecule has 0 bridgehead atoms. The van der Waals surface area contributed by atoms with Gasteiger partial charge in [-0.2, -0.15) is 5.26 Å². The molecule has 90 valence electrons. The average Bonchev–Trinajstić information content (AvgIpc) is 2.66. The Hall–Kier alpha value is -1.08. The maximum atomic E-state index is 11.8. The topological polar surface area (TPSA) is 56.1 Å². The molecule has 0 atom stereocenters. The van der Waals surface area contributed by atoms with Crippen molar-refractivity contribution in [1.82, 2.24) is 10.2 Å². The summed E-state index contributed by atoms with van der Waals surface area (Å²) in [6, 6.07) is 2.60. The van der Waals surface area contributed by atoms with Crippen molar-refractivity contribution < 1.29 is 4.79 Å².